The predicted octanol–water partition coefficient (Wildman–Crippen LogP) is 2.48. The van der Waals surface area contributed by atoms with E-state index in [1.165, 1.54) is 6.07 Å². The van der Waals surface area contributed by atoms with Gasteiger partial charge in [-0.1, -0.05) is 42.5 Å². The third-order valence-corrected chi connectivity index (χ3v) is 5.74. The van der Waals surface area contributed by atoms with Crippen molar-refractivity contribution in [2.75, 3.05) is 43.1 Å². The van der Waals surface area contributed by atoms with E-state index in [-0.39, 0.29) is 11.3 Å². The molecule has 1 aliphatic heterocycles. The minimum Gasteiger partial charge on any atom is -0.394 e. The lowest BCUT2D eigenvalue weighted by Crippen LogP contribution is -2.46. The van der Waals surface area contributed by atoms with Crippen LogP contribution in [0, 0.1) is 0 Å². The van der Waals surface area contributed by atoms with Crippen LogP contribution in [0.25, 0.3) is 0 Å². The molecule has 0 spiro atoms. The van der Waals surface area contributed by atoms with Gasteiger partial charge in [0.1, 0.15) is 6.04 Å². The number of nitrogens with zero attached hydrogens (tertiary/aromatic N) is 1. The minimum atomic E-state index is -1.16. The number of benzene rings is 3. The molecule has 1 fully saturated rings. The lowest BCUT2D eigenvalue weighted by molar-refractivity contribution is -0.118. The molecule has 4 rings (SSSR count). The maximum absolute atomic E-state index is 12.8. The fourth-order valence-electron chi connectivity index (χ4n) is 3.80. The number of nitrogens with one attached hydrogen (secondary N) is 2. The standard InChI is InChI=1S/C27H27N3O5/c31-18-24(27(34)28-22-9-11-23(12-10-22)30-13-15-35-16-14-30)29-26(33)21-8-4-7-20(17-21)25(32)19-5-2-1-3-6-19/h1-12,17,24,31H,13-16,18H2,(H,28,34)(H,29,33). The average Bonchev–Trinajstić information content (AvgIpc) is 2.92. The number of ether oxygens (including phenoxy) is 1. The molecular formula is C27H27N3O5. The summed E-state index contributed by atoms with van der Waals surface area (Å²) < 4.78 is 5.36. The van der Waals surface area contributed by atoms with E-state index in [4.69, 9.17) is 4.74 Å². The number of rotatable bonds is 8. The number of amides is 2. The molecule has 0 aromatic heterocycles. The number of carbonyl (C=O) groups excluding carboxylic acids is 3. The molecule has 180 valence electrons. The van der Waals surface area contributed by atoms with E-state index in [9.17, 15) is 19.5 Å². The van der Waals surface area contributed by atoms with Crippen molar-refractivity contribution in [2.45, 2.75) is 6.04 Å². The van der Waals surface area contributed by atoms with Gasteiger partial charge in [0.15, 0.2) is 5.78 Å². The summed E-state index contributed by atoms with van der Waals surface area (Å²) in [6.07, 6.45) is 0. The lowest BCUT2D eigenvalue weighted by Gasteiger charge is -2.29. The van der Waals surface area contributed by atoms with Crippen molar-refractivity contribution in [1.82, 2.24) is 5.32 Å². The second-order valence-electron chi connectivity index (χ2n) is 8.12. The highest BCUT2D eigenvalue weighted by Crippen LogP contribution is 2.19. The molecule has 3 aromatic carbocycles. The Morgan fingerprint density at radius 1 is 0.857 bits per heavy atom. The van der Waals surface area contributed by atoms with E-state index in [2.05, 4.69) is 15.5 Å². The molecule has 0 bridgehead atoms. The second kappa shape index (κ2) is 11.4. The number of aliphatic hydroxyl groups excluding tert-OH is 1. The van der Waals surface area contributed by atoms with Gasteiger partial charge in [-0.05, 0) is 36.4 Å². The van der Waals surface area contributed by atoms with Crippen molar-refractivity contribution in [3.63, 3.8) is 0 Å². The Bertz CT molecular complexity index is 1170. The first-order valence-electron chi connectivity index (χ1n) is 11.4. The van der Waals surface area contributed by atoms with Crippen LogP contribution < -0.4 is 15.5 Å². The number of hydrogen-bond acceptors (Lipinski definition) is 6. The van der Waals surface area contributed by atoms with Gasteiger partial charge < -0.3 is 25.4 Å². The summed E-state index contributed by atoms with van der Waals surface area (Å²) in [5.74, 6) is -1.32. The molecule has 1 saturated heterocycles. The highest BCUT2D eigenvalue weighted by molar-refractivity contribution is 6.10. The largest absolute Gasteiger partial charge is 0.394 e. The van der Waals surface area contributed by atoms with Crippen LogP contribution in [-0.2, 0) is 9.53 Å². The Labute approximate surface area is 203 Å². The first kappa shape index (κ1) is 24.1. The van der Waals surface area contributed by atoms with Gasteiger partial charge in [0.2, 0.25) is 5.91 Å². The molecule has 1 aliphatic rings. The quantitative estimate of drug-likeness (QED) is 0.434. The maximum atomic E-state index is 12.8. The van der Waals surface area contributed by atoms with E-state index < -0.39 is 24.5 Å². The summed E-state index contributed by atoms with van der Waals surface area (Å²) >= 11 is 0. The number of carbonyl (C=O) groups is 3. The van der Waals surface area contributed by atoms with Crippen LogP contribution in [0.15, 0.2) is 78.9 Å². The molecule has 3 aromatic rings. The monoisotopic (exact) mass is 473 g/mol. The fourth-order valence-corrected chi connectivity index (χ4v) is 3.80. The number of ketones is 1. The number of morpholine rings is 1. The van der Waals surface area contributed by atoms with Gasteiger partial charge in [0.25, 0.3) is 5.91 Å². The van der Waals surface area contributed by atoms with Gasteiger partial charge >= 0.3 is 0 Å². The molecule has 8 nitrogen and oxygen atoms in total. The zero-order valence-corrected chi connectivity index (χ0v) is 19.1. The summed E-state index contributed by atoms with van der Waals surface area (Å²) in [5, 5.41) is 15.0. The summed E-state index contributed by atoms with van der Waals surface area (Å²) in [6.45, 7) is 2.40. The van der Waals surface area contributed by atoms with Crippen molar-refractivity contribution in [1.29, 1.82) is 0 Å². The molecule has 8 heteroatoms. The molecule has 3 N–H and O–H groups in total. The molecule has 0 aliphatic carbocycles. The molecule has 35 heavy (non-hydrogen) atoms. The van der Waals surface area contributed by atoms with E-state index in [0.29, 0.717) is 30.0 Å². The van der Waals surface area contributed by atoms with Crippen molar-refractivity contribution in [3.8, 4) is 0 Å². The summed E-state index contributed by atoms with van der Waals surface area (Å²) in [4.78, 5) is 40.4. The Kier molecular flexibility index (Phi) is 7.87. The van der Waals surface area contributed by atoms with Gasteiger partial charge in [0, 0.05) is 41.2 Å². The van der Waals surface area contributed by atoms with Crippen molar-refractivity contribution >= 4 is 29.0 Å². The topological polar surface area (TPSA) is 108 Å². The zero-order valence-electron chi connectivity index (χ0n) is 19.1. The molecule has 0 radical (unpaired) electrons. The van der Waals surface area contributed by atoms with Crippen molar-refractivity contribution in [3.05, 3.63) is 95.6 Å². The van der Waals surface area contributed by atoms with Crippen LogP contribution >= 0.6 is 0 Å². The molecular weight excluding hydrogens is 446 g/mol. The smallest absolute Gasteiger partial charge is 0.252 e. The van der Waals surface area contributed by atoms with Crippen LogP contribution in [0.4, 0.5) is 11.4 Å². The zero-order chi connectivity index (χ0) is 24.6. The lowest BCUT2D eigenvalue weighted by atomic mass is 10.0. The van der Waals surface area contributed by atoms with Gasteiger partial charge in [-0.2, -0.15) is 0 Å². The summed E-state index contributed by atoms with van der Waals surface area (Å²) in [5.41, 5.74) is 2.66. The van der Waals surface area contributed by atoms with E-state index in [1.54, 1.807) is 54.6 Å². The number of hydrogen-bond donors (Lipinski definition) is 3. The maximum Gasteiger partial charge on any atom is 0.252 e. The Morgan fingerprint density at radius 2 is 1.51 bits per heavy atom. The average molecular weight is 474 g/mol. The van der Waals surface area contributed by atoms with Crippen LogP contribution in [0.3, 0.4) is 0 Å². The third-order valence-electron chi connectivity index (χ3n) is 5.74. The van der Waals surface area contributed by atoms with E-state index in [1.807, 2.05) is 18.2 Å². The van der Waals surface area contributed by atoms with Gasteiger partial charge in [-0.25, -0.2) is 0 Å². The molecule has 1 heterocycles. The highest BCUT2D eigenvalue weighted by atomic mass is 16.5. The minimum absolute atomic E-state index is 0.211. The SMILES string of the molecule is O=C(NC(CO)C(=O)Nc1ccc(N2CCOCC2)cc1)c1cccc(C(=O)c2ccccc2)c1. The summed E-state index contributed by atoms with van der Waals surface area (Å²) in [6, 6.07) is 21.2. The predicted molar refractivity (Wildman–Crippen MR) is 133 cm³/mol. The normalized spacial score (nSPS) is 14.1. The molecule has 0 saturated carbocycles. The van der Waals surface area contributed by atoms with Gasteiger partial charge in [-0.3, -0.25) is 14.4 Å². The Hall–Kier alpha value is -4.01. The van der Waals surface area contributed by atoms with Crippen LogP contribution in [0.2, 0.25) is 0 Å². The Balaban J connectivity index is 1.38. The fraction of sp³-hybridized carbons (Fsp3) is 0.222. The van der Waals surface area contributed by atoms with Crippen LogP contribution in [0.5, 0.6) is 0 Å². The summed E-state index contributed by atoms with van der Waals surface area (Å²) in [7, 11) is 0. The van der Waals surface area contributed by atoms with Crippen LogP contribution in [-0.4, -0.2) is 61.7 Å². The second-order valence-corrected chi connectivity index (χ2v) is 8.12. The third kappa shape index (κ3) is 6.11. The molecule has 1 atom stereocenters. The van der Waals surface area contributed by atoms with Crippen LogP contribution in [0.1, 0.15) is 26.3 Å². The number of aliphatic hydroxyl groups is 1. The van der Waals surface area contributed by atoms with E-state index >= 15 is 0 Å². The highest BCUT2D eigenvalue weighted by Gasteiger charge is 2.22. The Morgan fingerprint density at radius 3 is 2.20 bits per heavy atom. The van der Waals surface area contributed by atoms with E-state index in [0.717, 1.165) is 18.8 Å². The van der Waals surface area contributed by atoms with Gasteiger partial charge in [-0.15, -0.1) is 0 Å². The van der Waals surface area contributed by atoms with Gasteiger partial charge in [0.05, 0.1) is 19.8 Å². The number of anilines is 2. The molecule has 2 amide bonds. The van der Waals surface area contributed by atoms with Crippen molar-refractivity contribution in [2.24, 2.45) is 0 Å². The molecule has 1 unspecified atom stereocenters. The van der Waals surface area contributed by atoms with Crippen molar-refractivity contribution < 1.29 is 24.2 Å². The first-order valence-corrected chi connectivity index (χ1v) is 11.4. The first-order chi connectivity index (χ1) is 17.0.